The number of carbonyl (C=O) groups excluding carboxylic acids is 1. The van der Waals surface area contributed by atoms with Crippen LogP contribution in [0, 0.1) is 6.92 Å². The van der Waals surface area contributed by atoms with Gasteiger partial charge in [-0.25, -0.2) is 0 Å². The topological polar surface area (TPSA) is 50.4 Å². The van der Waals surface area contributed by atoms with Crippen molar-refractivity contribution in [2.24, 2.45) is 0 Å². The van der Waals surface area contributed by atoms with Crippen molar-refractivity contribution in [1.82, 2.24) is 0 Å². The summed E-state index contributed by atoms with van der Waals surface area (Å²) in [5.41, 5.74) is 3.77. The molecule has 1 amide bonds. The SMILES string of the molecule is Cc1ccc(Nc2ccccc2NC(=O)CCCOc2ccc(Cl)cc2Br)cc1. The Hall–Kier alpha value is -2.50. The van der Waals surface area contributed by atoms with Crippen molar-refractivity contribution >= 4 is 50.5 Å². The highest BCUT2D eigenvalue weighted by atomic mass is 79.9. The first-order valence-corrected chi connectivity index (χ1v) is 10.5. The van der Waals surface area contributed by atoms with Crippen molar-refractivity contribution in [3.8, 4) is 5.75 Å². The lowest BCUT2D eigenvalue weighted by atomic mass is 10.2. The molecule has 0 atom stereocenters. The Labute approximate surface area is 184 Å². The molecule has 0 saturated heterocycles. The second-order valence-electron chi connectivity index (χ2n) is 6.61. The van der Waals surface area contributed by atoms with Crippen LogP contribution in [0.5, 0.6) is 5.75 Å². The predicted octanol–water partition coefficient (Wildman–Crippen LogP) is 6.95. The van der Waals surface area contributed by atoms with E-state index in [0.29, 0.717) is 30.2 Å². The first-order chi connectivity index (χ1) is 14.0. The molecule has 0 aromatic heterocycles. The van der Waals surface area contributed by atoms with Crippen LogP contribution in [0.25, 0.3) is 0 Å². The van der Waals surface area contributed by atoms with Gasteiger partial charge in [0, 0.05) is 17.1 Å². The van der Waals surface area contributed by atoms with E-state index in [1.54, 1.807) is 18.2 Å². The van der Waals surface area contributed by atoms with Gasteiger partial charge in [-0.2, -0.15) is 0 Å². The standard InChI is InChI=1S/C23H22BrClN2O2/c1-16-8-11-18(12-9-16)26-20-5-2-3-6-21(20)27-23(28)7-4-14-29-22-13-10-17(25)15-19(22)24/h2-3,5-6,8-13,15,26H,4,7,14H2,1H3,(H,27,28). The van der Waals surface area contributed by atoms with Crippen molar-refractivity contribution in [1.29, 1.82) is 0 Å². The van der Waals surface area contributed by atoms with Gasteiger partial charge in [0.15, 0.2) is 0 Å². The van der Waals surface area contributed by atoms with Crippen molar-refractivity contribution in [2.75, 3.05) is 17.2 Å². The van der Waals surface area contributed by atoms with E-state index >= 15 is 0 Å². The quantitative estimate of drug-likeness (QED) is 0.348. The van der Waals surface area contributed by atoms with Gasteiger partial charge in [0.2, 0.25) is 5.91 Å². The molecule has 0 bridgehead atoms. The van der Waals surface area contributed by atoms with Gasteiger partial charge in [-0.05, 0) is 71.7 Å². The smallest absolute Gasteiger partial charge is 0.224 e. The van der Waals surface area contributed by atoms with Gasteiger partial charge in [-0.1, -0.05) is 41.4 Å². The summed E-state index contributed by atoms with van der Waals surface area (Å²) in [5.74, 6) is 0.657. The average molecular weight is 474 g/mol. The highest BCUT2D eigenvalue weighted by Gasteiger charge is 2.08. The second-order valence-corrected chi connectivity index (χ2v) is 7.90. The molecule has 0 heterocycles. The van der Waals surface area contributed by atoms with Gasteiger partial charge in [0.1, 0.15) is 5.75 Å². The Balaban J connectivity index is 1.51. The van der Waals surface area contributed by atoms with Crippen LogP contribution in [0.1, 0.15) is 18.4 Å². The fraction of sp³-hybridized carbons (Fsp3) is 0.174. The lowest BCUT2D eigenvalue weighted by molar-refractivity contribution is -0.116. The highest BCUT2D eigenvalue weighted by molar-refractivity contribution is 9.10. The minimum Gasteiger partial charge on any atom is -0.492 e. The first kappa shape index (κ1) is 21.2. The molecule has 0 fully saturated rings. The molecule has 150 valence electrons. The molecule has 2 N–H and O–H groups in total. The number of ether oxygens (including phenoxy) is 1. The molecule has 6 heteroatoms. The monoisotopic (exact) mass is 472 g/mol. The first-order valence-electron chi connectivity index (χ1n) is 9.32. The molecule has 3 rings (SSSR count). The molecule has 0 radical (unpaired) electrons. The molecule has 0 aliphatic carbocycles. The van der Waals surface area contributed by atoms with E-state index < -0.39 is 0 Å². The van der Waals surface area contributed by atoms with Crippen molar-refractivity contribution in [3.05, 3.63) is 81.8 Å². The molecule has 0 spiro atoms. The van der Waals surface area contributed by atoms with E-state index in [9.17, 15) is 4.79 Å². The maximum Gasteiger partial charge on any atom is 0.224 e. The summed E-state index contributed by atoms with van der Waals surface area (Å²) in [4.78, 5) is 12.4. The lowest BCUT2D eigenvalue weighted by Crippen LogP contribution is -2.14. The lowest BCUT2D eigenvalue weighted by Gasteiger charge is -2.13. The normalized spacial score (nSPS) is 10.4. The fourth-order valence-electron chi connectivity index (χ4n) is 2.71. The van der Waals surface area contributed by atoms with Gasteiger partial charge in [0.05, 0.1) is 22.5 Å². The Morgan fingerprint density at radius 3 is 2.48 bits per heavy atom. The second kappa shape index (κ2) is 10.3. The molecule has 4 nitrogen and oxygen atoms in total. The largest absolute Gasteiger partial charge is 0.492 e. The summed E-state index contributed by atoms with van der Waals surface area (Å²) >= 11 is 9.34. The van der Waals surface area contributed by atoms with E-state index in [-0.39, 0.29) is 5.91 Å². The molecular weight excluding hydrogens is 452 g/mol. The van der Waals surface area contributed by atoms with Gasteiger partial charge in [-0.3, -0.25) is 4.79 Å². The number of nitrogens with one attached hydrogen (secondary N) is 2. The number of aryl methyl sites for hydroxylation is 1. The number of para-hydroxylation sites is 2. The minimum atomic E-state index is -0.0538. The molecule has 0 saturated carbocycles. The molecule has 0 unspecified atom stereocenters. The number of rotatable bonds is 8. The van der Waals surface area contributed by atoms with E-state index in [4.69, 9.17) is 16.3 Å². The van der Waals surface area contributed by atoms with Crippen molar-refractivity contribution in [2.45, 2.75) is 19.8 Å². The molecule has 3 aromatic rings. The molecule has 0 aliphatic rings. The zero-order valence-electron chi connectivity index (χ0n) is 16.0. The van der Waals surface area contributed by atoms with Gasteiger partial charge in [0.25, 0.3) is 0 Å². The molecular formula is C23H22BrClN2O2. The zero-order valence-corrected chi connectivity index (χ0v) is 18.4. The van der Waals surface area contributed by atoms with Crippen LogP contribution in [-0.4, -0.2) is 12.5 Å². The number of carbonyl (C=O) groups is 1. The van der Waals surface area contributed by atoms with Gasteiger partial charge < -0.3 is 15.4 Å². The third-order valence-electron chi connectivity index (χ3n) is 4.23. The summed E-state index contributed by atoms with van der Waals surface area (Å²) < 4.78 is 6.50. The van der Waals surface area contributed by atoms with Crippen molar-refractivity contribution < 1.29 is 9.53 Å². The summed E-state index contributed by atoms with van der Waals surface area (Å²) in [6.07, 6.45) is 0.971. The van der Waals surface area contributed by atoms with E-state index in [1.807, 2.05) is 55.5 Å². The number of benzene rings is 3. The van der Waals surface area contributed by atoms with E-state index in [2.05, 4.69) is 26.6 Å². The Morgan fingerprint density at radius 2 is 1.76 bits per heavy atom. The van der Waals surface area contributed by atoms with Gasteiger partial charge in [-0.15, -0.1) is 0 Å². The summed E-state index contributed by atoms with van der Waals surface area (Å²) in [7, 11) is 0. The molecule has 3 aromatic carbocycles. The highest BCUT2D eigenvalue weighted by Crippen LogP contribution is 2.28. The van der Waals surface area contributed by atoms with Crippen LogP contribution >= 0.6 is 27.5 Å². The van der Waals surface area contributed by atoms with Gasteiger partial charge >= 0.3 is 0 Å². The number of hydrogen-bond donors (Lipinski definition) is 2. The number of anilines is 3. The van der Waals surface area contributed by atoms with Crippen LogP contribution in [0.4, 0.5) is 17.1 Å². The van der Waals surface area contributed by atoms with E-state index in [0.717, 1.165) is 21.5 Å². The summed E-state index contributed by atoms with van der Waals surface area (Å²) in [6.45, 7) is 2.49. The summed E-state index contributed by atoms with van der Waals surface area (Å²) in [6, 6.07) is 21.1. The predicted molar refractivity (Wildman–Crippen MR) is 123 cm³/mol. The third-order valence-corrected chi connectivity index (χ3v) is 5.09. The average Bonchev–Trinajstić information content (AvgIpc) is 2.70. The third kappa shape index (κ3) is 6.51. The molecule has 0 aliphatic heterocycles. The number of halogens is 2. The zero-order chi connectivity index (χ0) is 20.6. The molecule has 29 heavy (non-hydrogen) atoms. The van der Waals surface area contributed by atoms with Crippen molar-refractivity contribution in [3.63, 3.8) is 0 Å². The van der Waals surface area contributed by atoms with Crippen LogP contribution in [0.15, 0.2) is 71.2 Å². The Bertz CT molecular complexity index is 977. The van der Waals surface area contributed by atoms with E-state index in [1.165, 1.54) is 5.56 Å². The van der Waals surface area contributed by atoms with Crippen LogP contribution in [0.2, 0.25) is 5.02 Å². The maximum absolute atomic E-state index is 12.4. The summed E-state index contributed by atoms with van der Waals surface area (Å²) in [5, 5.41) is 6.97. The fourth-order valence-corrected chi connectivity index (χ4v) is 3.51. The number of hydrogen-bond acceptors (Lipinski definition) is 3. The Kier molecular flexibility index (Phi) is 7.55. The van der Waals surface area contributed by atoms with Crippen LogP contribution in [0.3, 0.4) is 0 Å². The maximum atomic E-state index is 12.4. The van der Waals surface area contributed by atoms with Crippen LogP contribution in [-0.2, 0) is 4.79 Å². The number of amides is 1. The minimum absolute atomic E-state index is 0.0538. The van der Waals surface area contributed by atoms with Crippen LogP contribution < -0.4 is 15.4 Å². The Morgan fingerprint density at radius 1 is 1.03 bits per heavy atom.